The summed E-state index contributed by atoms with van der Waals surface area (Å²) in [5.41, 5.74) is 12.3. The molecular formula is C24H25FN8O4. The summed E-state index contributed by atoms with van der Waals surface area (Å²) >= 11 is 0. The number of aromatic nitrogens is 1. The maximum Gasteiger partial charge on any atom is 0.411 e. The lowest BCUT2D eigenvalue weighted by atomic mass is 10.0. The maximum absolute atomic E-state index is 14.1. The number of ether oxygens (including phenoxy) is 2. The Morgan fingerprint density at radius 2 is 2.05 bits per heavy atom. The fourth-order valence-electron chi connectivity index (χ4n) is 4.10. The number of rotatable bonds is 2. The van der Waals surface area contributed by atoms with Crippen LogP contribution in [0.15, 0.2) is 58.7 Å². The quantitative estimate of drug-likeness (QED) is 0.402. The average Bonchev–Trinajstić information content (AvgIpc) is 3.32. The second-order valence-corrected chi connectivity index (χ2v) is 8.50. The van der Waals surface area contributed by atoms with E-state index in [1.165, 1.54) is 13.2 Å². The minimum atomic E-state index is -0.594. The molecule has 13 heteroatoms. The SMILES string of the molecule is COC(=O)Nc1ccc(C2=C(N)N3NCC4=C3N=C2NCc2cc(F)cnc2OC(C)CNC4=O)cc1. The topological polar surface area (TPSA) is 155 Å². The van der Waals surface area contributed by atoms with Crippen LogP contribution in [-0.4, -0.2) is 54.1 Å². The van der Waals surface area contributed by atoms with Gasteiger partial charge in [0.25, 0.3) is 5.91 Å². The molecule has 0 aliphatic carbocycles. The van der Waals surface area contributed by atoms with Crippen LogP contribution in [0.1, 0.15) is 18.1 Å². The minimum Gasteiger partial charge on any atom is -0.473 e. The van der Waals surface area contributed by atoms with E-state index in [4.69, 9.17) is 15.5 Å². The molecule has 37 heavy (non-hydrogen) atoms. The van der Waals surface area contributed by atoms with Crippen LogP contribution in [0.5, 0.6) is 5.88 Å². The number of nitrogens with one attached hydrogen (secondary N) is 4. The first-order valence-electron chi connectivity index (χ1n) is 11.5. The van der Waals surface area contributed by atoms with E-state index in [1.807, 2.05) is 0 Å². The molecule has 0 spiro atoms. The number of amides is 2. The number of benzene rings is 1. The third-order valence-electron chi connectivity index (χ3n) is 5.93. The number of halogens is 1. The number of hydrogen-bond acceptors (Lipinski definition) is 10. The number of amidine groups is 1. The standard InChI is InChI=1S/C24H25FN8O4/c1-12-8-28-22(34)17-11-30-33-19(26)18(13-3-5-16(6-4-13)31-24(35)36-2)20(32-21(17)33)27-9-14-7-15(25)10-29-23(14)37-12/h3-7,10,12,30H,8-9,11,26H2,1-2H3,(H,27,32)(H,28,34)(H,31,35). The normalized spacial score (nSPS) is 19.3. The van der Waals surface area contributed by atoms with E-state index in [-0.39, 0.29) is 31.4 Å². The molecule has 2 bridgehead atoms. The van der Waals surface area contributed by atoms with Crippen molar-refractivity contribution in [3.63, 3.8) is 0 Å². The van der Waals surface area contributed by atoms with Gasteiger partial charge in [-0.2, -0.15) is 0 Å². The van der Waals surface area contributed by atoms with Crippen LogP contribution in [0.3, 0.4) is 0 Å². The monoisotopic (exact) mass is 508 g/mol. The van der Waals surface area contributed by atoms with E-state index in [0.29, 0.717) is 45.4 Å². The van der Waals surface area contributed by atoms with E-state index in [0.717, 1.165) is 6.20 Å². The number of pyridine rings is 1. The molecule has 5 rings (SSSR count). The highest BCUT2D eigenvalue weighted by molar-refractivity contribution is 6.24. The molecule has 192 valence electrons. The number of anilines is 1. The van der Waals surface area contributed by atoms with Gasteiger partial charge in [0, 0.05) is 24.3 Å². The molecule has 2 aromatic rings. The molecular weight excluding hydrogens is 483 g/mol. The first kappa shape index (κ1) is 24.1. The van der Waals surface area contributed by atoms with E-state index < -0.39 is 18.0 Å². The Morgan fingerprint density at radius 1 is 1.27 bits per heavy atom. The van der Waals surface area contributed by atoms with E-state index in [1.54, 1.807) is 36.2 Å². The Kier molecular flexibility index (Phi) is 6.36. The summed E-state index contributed by atoms with van der Waals surface area (Å²) in [5.74, 6) is 0.446. The van der Waals surface area contributed by atoms with Gasteiger partial charge in [-0.05, 0) is 30.7 Å². The summed E-state index contributed by atoms with van der Waals surface area (Å²) in [5, 5.41) is 10.2. The highest BCUT2D eigenvalue weighted by Crippen LogP contribution is 2.32. The fourth-order valence-corrected chi connectivity index (χ4v) is 4.10. The molecule has 1 aromatic heterocycles. The molecule has 0 saturated heterocycles. The number of hydrogen-bond donors (Lipinski definition) is 5. The van der Waals surface area contributed by atoms with Gasteiger partial charge >= 0.3 is 6.09 Å². The first-order chi connectivity index (χ1) is 17.8. The van der Waals surface area contributed by atoms with Crippen LogP contribution >= 0.6 is 0 Å². The Balaban J connectivity index is 1.56. The van der Waals surface area contributed by atoms with Gasteiger partial charge in [0.2, 0.25) is 5.88 Å². The van der Waals surface area contributed by atoms with Crippen LogP contribution < -0.4 is 31.8 Å². The van der Waals surface area contributed by atoms with Gasteiger partial charge in [0.15, 0.2) is 5.82 Å². The highest BCUT2D eigenvalue weighted by atomic mass is 19.1. The predicted octanol–water partition coefficient (Wildman–Crippen LogP) is 1.16. The van der Waals surface area contributed by atoms with Crippen LogP contribution in [-0.2, 0) is 16.1 Å². The third kappa shape index (κ3) is 4.76. The maximum atomic E-state index is 14.1. The number of carbonyl (C=O) groups excluding carboxylic acids is 2. The Bertz CT molecular complexity index is 1360. The Morgan fingerprint density at radius 3 is 2.81 bits per heavy atom. The molecule has 4 heterocycles. The molecule has 1 aromatic carbocycles. The van der Waals surface area contributed by atoms with Gasteiger partial charge in [-0.1, -0.05) is 12.1 Å². The number of carbonyl (C=O) groups is 2. The molecule has 1 atom stereocenters. The molecule has 3 aliphatic rings. The zero-order valence-corrected chi connectivity index (χ0v) is 20.1. The van der Waals surface area contributed by atoms with Crippen molar-refractivity contribution in [2.24, 2.45) is 10.7 Å². The van der Waals surface area contributed by atoms with Crippen molar-refractivity contribution >= 4 is 29.1 Å². The van der Waals surface area contributed by atoms with Crippen molar-refractivity contribution in [1.29, 1.82) is 0 Å². The first-order valence-corrected chi connectivity index (χ1v) is 11.5. The molecule has 1 unspecified atom stereocenters. The minimum absolute atomic E-state index is 0.127. The second kappa shape index (κ2) is 9.78. The fraction of sp³-hybridized carbons (Fsp3) is 0.250. The van der Waals surface area contributed by atoms with Gasteiger partial charge in [-0.15, -0.1) is 0 Å². The molecule has 3 aliphatic heterocycles. The van der Waals surface area contributed by atoms with Gasteiger partial charge in [0.05, 0.1) is 31.0 Å². The van der Waals surface area contributed by atoms with E-state index in [9.17, 15) is 14.0 Å². The van der Waals surface area contributed by atoms with E-state index >= 15 is 0 Å². The van der Waals surface area contributed by atoms with Gasteiger partial charge in [0.1, 0.15) is 23.6 Å². The molecule has 12 nitrogen and oxygen atoms in total. The van der Waals surface area contributed by atoms with Gasteiger partial charge < -0.3 is 25.8 Å². The van der Waals surface area contributed by atoms with Crippen molar-refractivity contribution in [3.8, 4) is 5.88 Å². The van der Waals surface area contributed by atoms with Crippen LogP contribution in [0, 0.1) is 5.82 Å². The lowest BCUT2D eigenvalue weighted by molar-refractivity contribution is -0.117. The smallest absolute Gasteiger partial charge is 0.411 e. The van der Waals surface area contributed by atoms with Crippen LogP contribution in [0.25, 0.3) is 5.57 Å². The molecule has 0 radical (unpaired) electrons. The summed E-state index contributed by atoms with van der Waals surface area (Å²) in [6.45, 7) is 2.34. The van der Waals surface area contributed by atoms with Crippen molar-refractivity contribution < 1.29 is 23.5 Å². The van der Waals surface area contributed by atoms with Crippen LogP contribution in [0.2, 0.25) is 0 Å². The lowest BCUT2D eigenvalue weighted by Crippen LogP contribution is -2.41. The zero-order chi connectivity index (χ0) is 26.1. The van der Waals surface area contributed by atoms with Crippen molar-refractivity contribution in [2.45, 2.75) is 19.6 Å². The number of hydrazine groups is 1. The van der Waals surface area contributed by atoms with Crippen molar-refractivity contribution in [3.05, 3.63) is 70.7 Å². The summed E-state index contributed by atoms with van der Waals surface area (Å²) in [7, 11) is 1.28. The van der Waals surface area contributed by atoms with E-state index in [2.05, 4.69) is 31.1 Å². The zero-order valence-electron chi connectivity index (χ0n) is 20.1. The number of nitrogens with two attached hydrogens (primary N) is 1. The predicted molar refractivity (Wildman–Crippen MR) is 132 cm³/mol. The largest absolute Gasteiger partial charge is 0.473 e. The number of aliphatic imine (C=N–C) groups is 1. The van der Waals surface area contributed by atoms with Crippen molar-refractivity contribution in [1.82, 2.24) is 26.1 Å². The molecule has 2 amide bonds. The van der Waals surface area contributed by atoms with Crippen molar-refractivity contribution in [2.75, 3.05) is 25.5 Å². The third-order valence-corrected chi connectivity index (χ3v) is 5.93. The molecule has 0 fully saturated rings. The second-order valence-electron chi connectivity index (χ2n) is 8.50. The lowest BCUT2D eigenvalue weighted by Gasteiger charge is -2.29. The summed E-state index contributed by atoms with van der Waals surface area (Å²) < 4.78 is 24.6. The Hall–Kier alpha value is -4.65. The van der Waals surface area contributed by atoms with Gasteiger partial charge in [-0.25, -0.2) is 29.6 Å². The molecule has 0 saturated carbocycles. The Labute approximate surface area is 211 Å². The summed E-state index contributed by atoms with van der Waals surface area (Å²) in [6, 6.07) is 8.24. The van der Waals surface area contributed by atoms with Crippen LogP contribution in [0.4, 0.5) is 14.9 Å². The number of fused-ring (bicyclic) bond motifs is 1. The number of methoxy groups -OCH3 is 1. The average molecular weight is 509 g/mol. The summed E-state index contributed by atoms with van der Waals surface area (Å²) in [4.78, 5) is 33.3. The number of nitrogens with zero attached hydrogens (tertiary/aromatic N) is 3. The molecule has 6 N–H and O–H groups in total. The highest BCUT2D eigenvalue weighted by Gasteiger charge is 2.35. The van der Waals surface area contributed by atoms with Gasteiger partial charge in [-0.3, -0.25) is 10.1 Å². The summed E-state index contributed by atoms with van der Waals surface area (Å²) in [6.07, 6.45) is 0.0633.